The molecule has 3 N–H and O–H groups in total. The quantitative estimate of drug-likeness (QED) is 0.445. The van der Waals surface area contributed by atoms with Crippen molar-refractivity contribution in [2.45, 2.75) is 84.0 Å². The molecule has 0 saturated heterocycles. The van der Waals surface area contributed by atoms with Gasteiger partial charge in [0.2, 0.25) is 0 Å². The molecule has 5 nitrogen and oxygen atoms in total. The lowest BCUT2D eigenvalue weighted by Crippen LogP contribution is -2.37. The van der Waals surface area contributed by atoms with Crippen molar-refractivity contribution in [1.29, 1.82) is 0 Å². The topological polar surface area (TPSA) is 83.6 Å². The molecular formula is C17H34N2O3. The van der Waals surface area contributed by atoms with Gasteiger partial charge in [-0.25, -0.2) is 4.79 Å². The molecule has 0 fully saturated rings. The predicted molar refractivity (Wildman–Crippen MR) is 89.9 cm³/mol. The summed E-state index contributed by atoms with van der Waals surface area (Å²) in [7, 11) is 0. The van der Waals surface area contributed by atoms with Crippen LogP contribution in [0.25, 0.3) is 0 Å². The Kier molecular flexibility index (Phi) is 13.8. The first kappa shape index (κ1) is 20.7. The van der Waals surface area contributed by atoms with Crippen molar-refractivity contribution in [3.63, 3.8) is 0 Å². The van der Waals surface area contributed by atoms with Gasteiger partial charge in [-0.05, 0) is 19.3 Å². The number of rotatable bonds is 15. The van der Waals surface area contributed by atoms with Gasteiger partial charge in [0.1, 0.15) is 0 Å². The van der Waals surface area contributed by atoms with Crippen LogP contribution in [0, 0.1) is 0 Å². The first-order chi connectivity index (χ1) is 10.6. The van der Waals surface area contributed by atoms with Crippen LogP contribution in [-0.4, -0.2) is 35.1 Å². The summed E-state index contributed by atoms with van der Waals surface area (Å²) in [6.45, 7) is 3.66. The van der Waals surface area contributed by atoms with Gasteiger partial charge in [0, 0.05) is 19.5 Å². The smallest absolute Gasteiger partial charge is 0.314 e. The first-order valence-electron chi connectivity index (χ1n) is 8.84. The van der Waals surface area contributed by atoms with E-state index >= 15 is 0 Å². The van der Waals surface area contributed by atoms with E-state index < -0.39 is 5.97 Å². The van der Waals surface area contributed by atoms with Gasteiger partial charge < -0.3 is 15.7 Å². The molecular weight excluding hydrogens is 280 g/mol. The van der Waals surface area contributed by atoms with Gasteiger partial charge in [0.25, 0.3) is 0 Å². The minimum atomic E-state index is -0.738. The van der Waals surface area contributed by atoms with Crippen LogP contribution in [0.1, 0.15) is 84.0 Å². The number of unbranched alkanes of at least 4 members (excludes halogenated alkanes) is 9. The maximum absolute atomic E-state index is 11.4. The molecule has 0 rings (SSSR count). The standard InChI is InChI=1S/C17H34N2O3/c1-2-3-4-5-6-8-11-14-19(17(18)22)15-12-9-7-10-13-16(20)21/h2-15H2,1H3,(H2,18,22)(H,20,21). The summed E-state index contributed by atoms with van der Waals surface area (Å²) in [5, 5.41) is 8.55. The minimum absolute atomic E-state index is 0.234. The summed E-state index contributed by atoms with van der Waals surface area (Å²) in [5.74, 6) is -0.738. The van der Waals surface area contributed by atoms with Crippen molar-refractivity contribution < 1.29 is 14.7 Å². The summed E-state index contributed by atoms with van der Waals surface area (Å²) in [6.07, 6.45) is 12.3. The highest BCUT2D eigenvalue weighted by Crippen LogP contribution is 2.09. The van der Waals surface area contributed by atoms with E-state index in [1.807, 2.05) is 0 Å². The third-order valence-corrected chi connectivity index (χ3v) is 3.91. The van der Waals surface area contributed by atoms with Gasteiger partial charge in [-0.2, -0.15) is 0 Å². The van der Waals surface area contributed by atoms with Gasteiger partial charge in [-0.15, -0.1) is 0 Å². The second-order valence-electron chi connectivity index (χ2n) is 6.00. The van der Waals surface area contributed by atoms with Crippen LogP contribution in [0.15, 0.2) is 0 Å². The summed E-state index contributed by atoms with van der Waals surface area (Å²) in [5.41, 5.74) is 5.41. The molecule has 0 atom stereocenters. The maximum atomic E-state index is 11.4. The number of primary amides is 1. The highest BCUT2D eigenvalue weighted by atomic mass is 16.4. The summed E-state index contributed by atoms with van der Waals surface area (Å²) in [4.78, 5) is 23.5. The Hall–Kier alpha value is -1.26. The van der Waals surface area contributed by atoms with Crippen LogP contribution < -0.4 is 5.73 Å². The van der Waals surface area contributed by atoms with Crippen LogP contribution in [0.4, 0.5) is 4.79 Å². The second-order valence-corrected chi connectivity index (χ2v) is 6.00. The first-order valence-corrected chi connectivity index (χ1v) is 8.84. The van der Waals surface area contributed by atoms with E-state index in [1.165, 1.54) is 32.1 Å². The monoisotopic (exact) mass is 314 g/mol. The molecule has 0 aromatic rings. The molecule has 0 aliphatic carbocycles. The van der Waals surface area contributed by atoms with Crippen molar-refractivity contribution in [2.24, 2.45) is 5.73 Å². The van der Waals surface area contributed by atoms with Crippen molar-refractivity contribution >= 4 is 12.0 Å². The van der Waals surface area contributed by atoms with Gasteiger partial charge >= 0.3 is 12.0 Å². The highest BCUT2D eigenvalue weighted by molar-refractivity contribution is 5.71. The molecule has 0 saturated carbocycles. The molecule has 0 unspecified atom stereocenters. The molecule has 0 spiro atoms. The zero-order valence-corrected chi connectivity index (χ0v) is 14.2. The molecule has 0 aliphatic rings. The Morgan fingerprint density at radius 1 is 0.818 bits per heavy atom. The average molecular weight is 314 g/mol. The van der Waals surface area contributed by atoms with E-state index in [4.69, 9.17) is 10.8 Å². The second kappa shape index (κ2) is 14.7. The molecule has 2 amide bonds. The van der Waals surface area contributed by atoms with E-state index in [0.29, 0.717) is 13.0 Å². The predicted octanol–water partition coefficient (Wildman–Crippen LogP) is 4.15. The maximum Gasteiger partial charge on any atom is 0.314 e. The zero-order valence-electron chi connectivity index (χ0n) is 14.2. The van der Waals surface area contributed by atoms with Crippen molar-refractivity contribution in [3.8, 4) is 0 Å². The third kappa shape index (κ3) is 13.7. The number of urea groups is 1. The molecule has 0 aromatic carbocycles. The molecule has 0 radical (unpaired) electrons. The zero-order chi connectivity index (χ0) is 16.6. The van der Waals surface area contributed by atoms with Crippen LogP contribution in [0.2, 0.25) is 0 Å². The van der Waals surface area contributed by atoms with E-state index in [0.717, 1.165) is 38.6 Å². The van der Waals surface area contributed by atoms with Crippen LogP contribution in [0.3, 0.4) is 0 Å². The normalized spacial score (nSPS) is 10.6. The van der Waals surface area contributed by atoms with Gasteiger partial charge in [-0.3, -0.25) is 4.79 Å². The summed E-state index contributed by atoms with van der Waals surface area (Å²) in [6, 6.07) is -0.337. The molecule has 5 heteroatoms. The number of hydrogen-bond acceptors (Lipinski definition) is 2. The Balaban J connectivity index is 3.57. The fourth-order valence-electron chi connectivity index (χ4n) is 2.52. The van der Waals surface area contributed by atoms with Crippen LogP contribution >= 0.6 is 0 Å². The Morgan fingerprint density at radius 3 is 1.73 bits per heavy atom. The molecule has 22 heavy (non-hydrogen) atoms. The Bertz CT molecular complexity index is 296. The van der Waals surface area contributed by atoms with E-state index in [9.17, 15) is 9.59 Å². The number of carboxylic acid groups (broad SMARTS) is 1. The third-order valence-electron chi connectivity index (χ3n) is 3.91. The summed E-state index contributed by atoms with van der Waals surface area (Å²) < 4.78 is 0. The van der Waals surface area contributed by atoms with Crippen molar-refractivity contribution in [2.75, 3.05) is 13.1 Å². The van der Waals surface area contributed by atoms with Gasteiger partial charge in [-0.1, -0.05) is 58.3 Å². The number of hydrogen-bond donors (Lipinski definition) is 2. The fraction of sp³-hybridized carbons (Fsp3) is 0.882. The number of carbonyl (C=O) groups is 2. The molecule has 0 aromatic heterocycles. The Morgan fingerprint density at radius 2 is 1.27 bits per heavy atom. The van der Waals surface area contributed by atoms with E-state index in [2.05, 4.69) is 6.92 Å². The lowest BCUT2D eigenvalue weighted by atomic mass is 10.1. The average Bonchev–Trinajstić information content (AvgIpc) is 2.46. The number of aliphatic carboxylic acids is 1. The highest BCUT2D eigenvalue weighted by Gasteiger charge is 2.08. The van der Waals surface area contributed by atoms with Crippen molar-refractivity contribution in [1.82, 2.24) is 4.90 Å². The lowest BCUT2D eigenvalue weighted by molar-refractivity contribution is -0.137. The van der Waals surface area contributed by atoms with E-state index in [1.54, 1.807) is 4.90 Å². The Labute approximate surface area is 135 Å². The largest absolute Gasteiger partial charge is 0.481 e. The van der Waals surface area contributed by atoms with Gasteiger partial charge in [0.05, 0.1) is 0 Å². The SMILES string of the molecule is CCCCCCCCCN(CCCCCCC(=O)O)C(N)=O. The fourth-order valence-corrected chi connectivity index (χ4v) is 2.52. The molecule has 130 valence electrons. The van der Waals surface area contributed by atoms with Crippen LogP contribution in [0.5, 0.6) is 0 Å². The van der Waals surface area contributed by atoms with Gasteiger partial charge in [0.15, 0.2) is 0 Å². The van der Waals surface area contributed by atoms with E-state index in [-0.39, 0.29) is 12.5 Å². The van der Waals surface area contributed by atoms with Crippen molar-refractivity contribution in [3.05, 3.63) is 0 Å². The minimum Gasteiger partial charge on any atom is -0.481 e. The number of nitrogens with two attached hydrogens (primary N) is 1. The number of amides is 2. The lowest BCUT2D eigenvalue weighted by Gasteiger charge is -2.20. The molecule has 0 aliphatic heterocycles. The number of nitrogens with zero attached hydrogens (tertiary/aromatic N) is 1. The number of carbonyl (C=O) groups excluding carboxylic acids is 1. The van der Waals surface area contributed by atoms with Crippen LogP contribution in [-0.2, 0) is 4.79 Å². The number of carboxylic acids is 1. The summed E-state index contributed by atoms with van der Waals surface area (Å²) >= 11 is 0. The molecule has 0 heterocycles. The molecule has 0 bridgehead atoms.